The van der Waals surface area contributed by atoms with E-state index < -0.39 is 0 Å². The lowest BCUT2D eigenvalue weighted by atomic mass is 9.93. The van der Waals surface area contributed by atoms with Crippen LogP contribution in [0.2, 0.25) is 0 Å². The molecule has 6 aromatic carbocycles. The van der Waals surface area contributed by atoms with E-state index in [0.717, 1.165) is 0 Å². The Morgan fingerprint density at radius 1 is 0.467 bits per heavy atom. The maximum Gasteiger partial charge on any atom is 0.0574 e. The highest BCUT2D eigenvalue weighted by Crippen LogP contribution is 2.42. The number of hydrogen-bond acceptors (Lipinski definition) is 0. The fraction of sp³-hybridized carbons (Fsp3) is 0.0345. The molecule has 0 atom stereocenters. The number of aromatic nitrogens is 1. The summed E-state index contributed by atoms with van der Waals surface area (Å²) in [6, 6.07) is 35.7. The Hall–Kier alpha value is -3.84. The van der Waals surface area contributed by atoms with Crippen molar-refractivity contribution in [2.45, 2.75) is 0 Å². The molecule has 0 aliphatic heterocycles. The molecule has 7 aromatic rings. The van der Waals surface area contributed by atoms with E-state index in [4.69, 9.17) is 0 Å². The predicted molar refractivity (Wildman–Crippen MR) is 130 cm³/mol. The highest BCUT2D eigenvalue weighted by atomic mass is 14.9. The van der Waals surface area contributed by atoms with Crippen molar-refractivity contribution in [3.63, 3.8) is 0 Å². The molecule has 0 saturated heterocycles. The van der Waals surface area contributed by atoms with E-state index >= 15 is 0 Å². The number of aryl methyl sites for hydroxylation is 1. The second-order valence-electron chi connectivity index (χ2n) is 8.29. The topological polar surface area (TPSA) is 4.93 Å². The lowest BCUT2D eigenvalue weighted by molar-refractivity contribution is 1.02. The first-order valence-electron chi connectivity index (χ1n) is 10.4. The first kappa shape index (κ1) is 16.0. The van der Waals surface area contributed by atoms with Gasteiger partial charge in [-0.2, -0.15) is 0 Å². The zero-order chi connectivity index (χ0) is 19.8. The van der Waals surface area contributed by atoms with Crippen LogP contribution in [0.15, 0.2) is 97.1 Å². The molecule has 0 N–H and O–H groups in total. The molecule has 1 heterocycles. The lowest BCUT2D eigenvalue weighted by Crippen LogP contribution is -1.89. The molecule has 0 aliphatic carbocycles. The van der Waals surface area contributed by atoms with Crippen LogP contribution in [0.25, 0.3) is 64.9 Å². The summed E-state index contributed by atoms with van der Waals surface area (Å²) in [6.45, 7) is 0. The van der Waals surface area contributed by atoms with Crippen LogP contribution in [0.4, 0.5) is 0 Å². The van der Waals surface area contributed by atoms with Crippen molar-refractivity contribution in [3.8, 4) is 0 Å². The van der Waals surface area contributed by atoms with Crippen LogP contribution in [0, 0.1) is 0 Å². The lowest BCUT2D eigenvalue weighted by Gasteiger charge is -2.11. The van der Waals surface area contributed by atoms with Crippen molar-refractivity contribution in [3.05, 3.63) is 97.1 Å². The van der Waals surface area contributed by atoms with Crippen LogP contribution in [0.5, 0.6) is 0 Å². The zero-order valence-electron chi connectivity index (χ0n) is 16.7. The Bertz CT molecular complexity index is 1800. The first-order chi connectivity index (χ1) is 14.8. The Morgan fingerprint density at radius 2 is 1.03 bits per heavy atom. The molecule has 0 saturated carbocycles. The van der Waals surface area contributed by atoms with Crippen LogP contribution in [-0.4, -0.2) is 4.57 Å². The van der Waals surface area contributed by atoms with Gasteiger partial charge in [0.25, 0.3) is 0 Å². The quantitative estimate of drug-likeness (QED) is 0.186. The van der Waals surface area contributed by atoms with Gasteiger partial charge in [0.1, 0.15) is 0 Å². The van der Waals surface area contributed by atoms with Gasteiger partial charge in [-0.05, 0) is 68.0 Å². The molecule has 0 unspecified atom stereocenters. The second kappa shape index (κ2) is 5.61. The number of hydrogen-bond donors (Lipinski definition) is 0. The van der Waals surface area contributed by atoms with Gasteiger partial charge < -0.3 is 4.57 Å². The summed E-state index contributed by atoms with van der Waals surface area (Å²) in [6.07, 6.45) is 0. The normalized spacial score (nSPS) is 12.2. The molecular formula is C29H19N. The van der Waals surface area contributed by atoms with Crippen LogP contribution in [0.3, 0.4) is 0 Å². The SMILES string of the molecule is Cn1c2ccccc2c2c3cc4cc5ccccc5cc4cc3c3ccccc3c21. The molecule has 1 aromatic heterocycles. The van der Waals surface area contributed by atoms with Crippen molar-refractivity contribution in [1.82, 2.24) is 4.57 Å². The summed E-state index contributed by atoms with van der Waals surface area (Å²) in [7, 11) is 2.19. The maximum atomic E-state index is 2.40. The van der Waals surface area contributed by atoms with Crippen molar-refractivity contribution >= 4 is 64.9 Å². The summed E-state index contributed by atoms with van der Waals surface area (Å²) in [5.41, 5.74) is 2.60. The average Bonchev–Trinajstić information content (AvgIpc) is 3.10. The number of benzene rings is 6. The molecule has 1 nitrogen and oxygen atoms in total. The Balaban J connectivity index is 1.82. The fourth-order valence-corrected chi connectivity index (χ4v) is 5.33. The number of nitrogens with zero attached hydrogens (tertiary/aromatic N) is 1. The third kappa shape index (κ3) is 1.97. The number of para-hydroxylation sites is 1. The molecular weight excluding hydrogens is 362 g/mol. The van der Waals surface area contributed by atoms with E-state index in [1.807, 2.05) is 0 Å². The number of fused-ring (bicyclic) bond motifs is 10. The zero-order valence-corrected chi connectivity index (χ0v) is 16.7. The minimum absolute atomic E-state index is 1.28. The smallest absolute Gasteiger partial charge is 0.0574 e. The van der Waals surface area contributed by atoms with Crippen molar-refractivity contribution in [2.75, 3.05) is 0 Å². The van der Waals surface area contributed by atoms with Gasteiger partial charge in [-0.3, -0.25) is 0 Å². The highest BCUT2D eigenvalue weighted by Gasteiger charge is 2.16. The van der Waals surface area contributed by atoms with Gasteiger partial charge >= 0.3 is 0 Å². The minimum Gasteiger partial charge on any atom is -0.343 e. The second-order valence-corrected chi connectivity index (χ2v) is 8.29. The van der Waals surface area contributed by atoms with Crippen molar-refractivity contribution in [1.29, 1.82) is 0 Å². The largest absolute Gasteiger partial charge is 0.343 e. The third-order valence-corrected chi connectivity index (χ3v) is 6.69. The predicted octanol–water partition coefficient (Wildman–Crippen LogP) is 7.94. The van der Waals surface area contributed by atoms with Gasteiger partial charge in [0.05, 0.1) is 5.52 Å². The standard InChI is InChI=1S/C29H19N/c1-30-27-13-7-6-12-24(27)28-26-17-21-15-19-9-3-2-8-18(19)14-20(21)16-25(26)22-10-4-5-11-23(22)29(28)30/h2-17H,1H3. The molecule has 0 radical (unpaired) electrons. The van der Waals surface area contributed by atoms with Gasteiger partial charge in [-0.1, -0.05) is 66.7 Å². The summed E-state index contributed by atoms with van der Waals surface area (Å²) in [4.78, 5) is 0. The van der Waals surface area contributed by atoms with E-state index in [2.05, 4.69) is 109 Å². The molecule has 0 bridgehead atoms. The molecule has 30 heavy (non-hydrogen) atoms. The molecule has 140 valence electrons. The van der Waals surface area contributed by atoms with Crippen LogP contribution >= 0.6 is 0 Å². The van der Waals surface area contributed by atoms with Gasteiger partial charge in [0.15, 0.2) is 0 Å². The van der Waals surface area contributed by atoms with Gasteiger partial charge in [-0.25, -0.2) is 0 Å². The van der Waals surface area contributed by atoms with Crippen LogP contribution in [0.1, 0.15) is 0 Å². The minimum atomic E-state index is 1.28. The average molecular weight is 381 g/mol. The van der Waals surface area contributed by atoms with Crippen LogP contribution < -0.4 is 0 Å². The van der Waals surface area contributed by atoms with E-state index in [9.17, 15) is 0 Å². The Morgan fingerprint density at radius 3 is 1.77 bits per heavy atom. The highest BCUT2D eigenvalue weighted by molar-refractivity contribution is 6.33. The maximum absolute atomic E-state index is 2.40. The summed E-state index contributed by atoms with van der Waals surface area (Å²) in [5, 5.41) is 13.2. The Labute approximate surface area is 173 Å². The molecule has 1 heteroatoms. The molecule has 0 spiro atoms. The van der Waals surface area contributed by atoms with Crippen molar-refractivity contribution in [2.24, 2.45) is 7.05 Å². The fourth-order valence-electron chi connectivity index (χ4n) is 5.33. The van der Waals surface area contributed by atoms with E-state index in [-0.39, 0.29) is 0 Å². The molecule has 7 rings (SSSR count). The van der Waals surface area contributed by atoms with Crippen molar-refractivity contribution < 1.29 is 0 Å². The monoisotopic (exact) mass is 381 g/mol. The molecule has 0 fully saturated rings. The first-order valence-corrected chi connectivity index (χ1v) is 10.4. The molecule has 0 amide bonds. The third-order valence-electron chi connectivity index (χ3n) is 6.69. The van der Waals surface area contributed by atoms with E-state index in [0.29, 0.717) is 0 Å². The summed E-state index contributed by atoms with van der Waals surface area (Å²) < 4.78 is 2.36. The number of rotatable bonds is 0. The van der Waals surface area contributed by atoms with Gasteiger partial charge in [0.2, 0.25) is 0 Å². The van der Waals surface area contributed by atoms with Gasteiger partial charge in [-0.15, -0.1) is 0 Å². The van der Waals surface area contributed by atoms with E-state index in [1.54, 1.807) is 0 Å². The summed E-state index contributed by atoms with van der Waals surface area (Å²) in [5.74, 6) is 0. The Kier molecular flexibility index (Phi) is 2.99. The van der Waals surface area contributed by atoms with Crippen LogP contribution in [-0.2, 0) is 7.05 Å². The molecule has 0 aliphatic rings. The van der Waals surface area contributed by atoms with E-state index in [1.165, 1.54) is 64.9 Å². The summed E-state index contributed by atoms with van der Waals surface area (Å²) >= 11 is 0. The van der Waals surface area contributed by atoms with Gasteiger partial charge in [0, 0.05) is 28.7 Å².